The number of hydrogen-bond donors (Lipinski definition) is 4. The van der Waals surface area contributed by atoms with Crippen LogP contribution in [0.25, 0.3) is 0 Å². The number of carboxylic acids is 2. The number of aliphatic carboxylic acids is 2. The molecule has 0 spiro atoms. The monoisotopic (exact) mass is 600 g/mol. The van der Waals surface area contributed by atoms with Crippen LogP contribution in [0.15, 0.2) is 26.1 Å². The lowest BCUT2D eigenvalue weighted by atomic mass is 10.0. The highest BCUT2D eigenvalue weighted by atomic mass is 32.2. The second-order valence-corrected chi connectivity index (χ2v) is 12.7. The number of fused-ring (bicyclic) bond motifs is 1. The second kappa shape index (κ2) is 11.2. The molecule has 2 aromatic heterocycles. The number of rotatable bonds is 10. The first-order chi connectivity index (χ1) is 18.0. The number of thioether (sulfide) groups is 1. The Hall–Kier alpha value is -3.35. The first-order valence-corrected chi connectivity index (χ1v) is 14.7. The summed E-state index contributed by atoms with van der Waals surface area (Å²) in [7, 11) is -0.507. The number of β-lactam (4-membered cyclic amide) rings is 1. The Morgan fingerprint density at radius 3 is 2.71 bits per heavy atom. The van der Waals surface area contributed by atoms with Crippen LogP contribution in [0.5, 0.6) is 0 Å². The van der Waals surface area contributed by atoms with Crippen LogP contribution in [0.3, 0.4) is 0 Å². The number of carbonyl (C=O) groups is 4. The van der Waals surface area contributed by atoms with E-state index in [2.05, 4.69) is 20.4 Å². The van der Waals surface area contributed by atoms with Crippen molar-refractivity contribution in [2.24, 2.45) is 5.16 Å². The van der Waals surface area contributed by atoms with Crippen LogP contribution in [0.2, 0.25) is 0 Å². The van der Waals surface area contributed by atoms with Gasteiger partial charge in [0.05, 0.1) is 28.7 Å². The first-order valence-electron chi connectivity index (χ1n) is 10.6. The van der Waals surface area contributed by atoms with E-state index in [4.69, 9.17) is 15.7 Å². The molecule has 1 fully saturated rings. The summed E-state index contributed by atoms with van der Waals surface area (Å²) < 4.78 is 13.6. The fourth-order valence-corrected chi connectivity index (χ4v) is 8.30. The summed E-state index contributed by atoms with van der Waals surface area (Å²) >= 11 is 3.50. The molecule has 0 aromatic carbocycles. The van der Waals surface area contributed by atoms with Crippen molar-refractivity contribution in [3.63, 3.8) is 0 Å². The Morgan fingerprint density at radius 1 is 1.37 bits per heavy atom. The number of oxime groups is 1. The number of aryl methyl sites for hydroxylation is 1. The van der Waals surface area contributed by atoms with Gasteiger partial charge in [0.25, 0.3) is 11.8 Å². The van der Waals surface area contributed by atoms with Crippen molar-refractivity contribution in [1.29, 1.82) is 0 Å². The highest BCUT2D eigenvalue weighted by Gasteiger charge is 2.57. The third-order valence-electron chi connectivity index (χ3n) is 5.42. The molecule has 14 nitrogen and oxygen atoms in total. The molecule has 2 aliphatic heterocycles. The van der Waals surface area contributed by atoms with E-state index < -0.39 is 46.0 Å². The summed E-state index contributed by atoms with van der Waals surface area (Å²) in [6, 6.07) is -1.25. The lowest BCUT2D eigenvalue weighted by Crippen LogP contribution is -2.74. The van der Waals surface area contributed by atoms with E-state index in [1.165, 1.54) is 35.6 Å². The van der Waals surface area contributed by atoms with E-state index in [1.807, 2.05) is 0 Å². The van der Waals surface area contributed by atoms with Crippen molar-refractivity contribution in [2.75, 3.05) is 24.3 Å². The van der Waals surface area contributed by atoms with Crippen molar-refractivity contribution >= 4 is 79.8 Å². The van der Waals surface area contributed by atoms with Gasteiger partial charge in [-0.3, -0.25) is 23.5 Å². The van der Waals surface area contributed by atoms with E-state index in [0.717, 1.165) is 21.1 Å². The minimum absolute atomic E-state index is 0.0796. The maximum absolute atomic E-state index is 13.1. The average molecular weight is 601 g/mol. The van der Waals surface area contributed by atoms with Gasteiger partial charge in [-0.2, -0.15) is 0 Å². The van der Waals surface area contributed by atoms with Gasteiger partial charge >= 0.3 is 11.9 Å². The second-order valence-electron chi connectivity index (χ2n) is 7.87. The van der Waals surface area contributed by atoms with Gasteiger partial charge in [-0.25, -0.2) is 14.8 Å². The summed E-state index contributed by atoms with van der Waals surface area (Å²) in [5.74, 6) is -4.01. The molecule has 5 N–H and O–H groups in total. The third-order valence-corrected chi connectivity index (χ3v) is 9.99. The number of amides is 2. The van der Waals surface area contributed by atoms with Gasteiger partial charge in [0.2, 0.25) is 0 Å². The summed E-state index contributed by atoms with van der Waals surface area (Å²) in [5.41, 5.74) is 5.87. The van der Waals surface area contributed by atoms with Crippen LogP contribution >= 0.6 is 34.4 Å². The normalized spacial score (nSPS) is 21.1. The number of thiazole rings is 2. The Bertz CT molecular complexity index is 1420. The molecular weight excluding hydrogens is 581 g/mol. The van der Waals surface area contributed by atoms with Gasteiger partial charge < -0.3 is 26.1 Å². The molecule has 2 aromatic rings. The summed E-state index contributed by atoms with van der Waals surface area (Å²) in [6.07, 6.45) is -0.236. The number of nitrogens with one attached hydrogen (secondary N) is 1. The number of nitrogen functional groups attached to an aromatic ring is 1. The van der Waals surface area contributed by atoms with Crippen LogP contribution in [0, 0.1) is 6.92 Å². The quantitative estimate of drug-likeness (QED) is 0.123. The van der Waals surface area contributed by atoms with Crippen molar-refractivity contribution in [2.45, 2.75) is 29.1 Å². The molecule has 0 saturated carbocycles. The molecule has 18 heteroatoms. The smallest absolute Gasteiger partial charge is 0.352 e. The fourth-order valence-electron chi connectivity index (χ4n) is 3.79. The zero-order chi connectivity index (χ0) is 27.7. The number of anilines is 1. The zero-order valence-corrected chi connectivity index (χ0v) is 23.0. The Labute approximate surface area is 229 Å². The number of carbonyl (C=O) groups excluding carboxylic acids is 2. The minimum atomic E-state index is -1.73. The number of aromatic nitrogens is 2. The average Bonchev–Trinajstić information content (AvgIpc) is 3.43. The fraction of sp³-hybridized carbons (Fsp3) is 0.350. The molecule has 202 valence electrons. The highest BCUT2D eigenvalue weighted by molar-refractivity contribution is 8.01. The number of nitrogens with two attached hydrogens (primary N) is 1. The van der Waals surface area contributed by atoms with Crippen molar-refractivity contribution < 1.29 is 38.4 Å². The number of hydrogen-bond acceptors (Lipinski definition) is 13. The molecule has 0 aliphatic carbocycles. The Morgan fingerprint density at radius 2 is 2.11 bits per heavy atom. The van der Waals surface area contributed by atoms with Gasteiger partial charge in [-0.05, 0) is 12.5 Å². The van der Waals surface area contributed by atoms with Gasteiger partial charge in [0.15, 0.2) is 15.2 Å². The molecule has 38 heavy (non-hydrogen) atoms. The molecule has 3 atom stereocenters. The summed E-state index contributed by atoms with van der Waals surface area (Å²) in [4.78, 5) is 63.6. The maximum Gasteiger partial charge on any atom is 0.352 e. The Kier molecular flexibility index (Phi) is 8.14. The predicted octanol–water partition coefficient (Wildman–Crippen LogP) is 0.0142. The van der Waals surface area contributed by atoms with Gasteiger partial charge in [0.1, 0.15) is 29.9 Å². The van der Waals surface area contributed by atoms with Gasteiger partial charge in [0, 0.05) is 16.0 Å². The minimum Gasteiger partial charge on any atom is -0.481 e. The van der Waals surface area contributed by atoms with E-state index in [1.54, 1.807) is 6.92 Å². The number of carboxylic acid groups (broad SMARTS) is 2. The standard InChI is InChI=1S/C20H20N6O8S4/c1-7-9(3-11(27)28)23-20(37-7)36-4-8-6-38(33)17-13(16(30)26(17)14(8)18(31)32)24-15(29)12(25-34-2)10-5-35-19(21)22-10/h5,13,17H,3-4,6H2,1-2H3,(H2,21,22)(H,24,29)(H,27,28)(H,31,32)/b25-12-/t13-,17-,38?/m1/s1. The molecule has 2 amide bonds. The van der Waals surface area contributed by atoms with E-state index in [-0.39, 0.29) is 45.7 Å². The maximum atomic E-state index is 13.1. The van der Waals surface area contributed by atoms with E-state index >= 15 is 0 Å². The number of nitrogens with zero attached hydrogens (tertiary/aromatic N) is 4. The van der Waals surface area contributed by atoms with Crippen LogP contribution < -0.4 is 11.1 Å². The van der Waals surface area contributed by atoms with Crippen molar-refractivity contribution in [1.82, 2.24) is 20.2 Å². The molecular formula is C20H20N6O8S4. The topological polar surface area (TPSA) is 214 Å². The highest BCUT2D eigenvalue weighted by Crippen LogP contribution is 2.37. The molecule has 4 heterocycles. The van der Waals surface area contributed by atoms with E-state index in [9.17, 15) is 28.5 Å². The largest absolute Gasteiger partial charge is 0.481 e. The lowest BCUT2D eigenvalue weighted by Gasteiger charge is -2.49. The van der Waals surface area contributed by atoms with Crippen LogP contribution in [-0.2, 0) is 41.2 Å². The Balaban J connectivity index is 1.52. The lowest BCUT2D eigenvalue weighted by molar-refractivity contribution is -0.150. The predicted molar refractivity (Wildman–Crippen MR) is 139 cm³/mol. The summed E-state index contributed by atoms with van der Waals surface area (Å²) in [6.45, 7) is 1.74. The first kappa shape index (κ1) is 27.7. The molecule has 1 saturated heterocycles. The molecule has 0 bridgehead atoms. The molecule has 1 unspecified atom stereocenters. The van der Waals surface area contributed by atoms with Crippen LogP contribution in [0.1, 0.15) is 16.3 Å². The molecule has 0 radical (unpaired) electrons. The van der Waals surface area contributed by atoms with Gasteiger partial charge in [-0.1, -0.05) is 16.9 Å². The van der Waals surface area contributed by atoms with E-state index in [0.29, 0.717) is 10.0 Å². The molecule has 4 rings (SSSR count). The van der Waals surface area contributed by atoms with Crippen LogP contribution in [-0.4, -0.2) is 88.8 Å². The van der Waals surface area contributed by atoms with Crippen molar-refractivity contribution in [3.05, 3.63) is 32.9 Å². The molecule has 2 aliphatic rings. The zero-order valence-electron chi connectivity index (χ0n) is 19.7. The van der Waals surface area contributed by atoms with Gasteiger partial charge in [-0.15, -0.1) is 22.7 Å². The summed E-state index contributed by atoms with van der Waals surface area (Å²) in [5, 5.41) is 25.6. The SMILES string of the molecule is CO/N=C(\C(=O)N[C@@H]1C(=O)N2C(C(=O)O)=C(CSc3nc(CC(=O)O)c(C)s3)CS(=O)[C@H]12)c1csc(N)n1. The third kappa shape index (κ3) is 5.42. The van der Waals surface area contributed by atoms with Crippen LogP contribution in [0.4, 0.5) is 5.13 Å². The van der Waals surface area contributed by atoms with Crippen molar-refractivity contribution in [3.8, 4) is 0 Å².